The molecule has 7 rings (SSSR count). The number of ether oxygens (including phenoxy) is 2. The van der Waals surface area contributed by atoms with Crippen molar-refractivity contribution in [2.24, 2.45) is 28.6 Å². The monoisotopic (exact) mass is 621 g/mol. The predicted molar refractivity (Wildman–Crippen MR) is 160 cm³/mol. The minimum absolute atomic E-state index is 0.0377. The topological polar surface area (TPSA) is 139 Å². The number of phenolic OH excluding ortho intramolecular Hbond substituents is 1. The van der Waals surface area contributed by atoms with Gasteiger partial charge in [0.15, 0.2) is 28.7 Å². The summed E-state index contributed by atoms with van der Waals surface area (Å²) in [5.41, 5.74) is 0.433. The fourth-order valence-electron chi connectivity index (χ4n) is 9.79. The second kappa shape index (κ2) is 9.95. The quantitative estimate of drug-likeness (QED) is 0.340. The molecule has 0 aromatic heterocycles. The molecule has 2 aromatic carbocycles. The Hall–Kier alpha value is -3.60. The van der Waals surface area contributed by atoms with Gasteiger partial charge in [-0.05, 0) is 104 Å². The van der Waals surface area contributed by atoms with Gasteiger partial charge >= 0.3 is 0 Å². The highest BCUT2D eigenvalue weighted by atomic mass is 19.1. The number of carbonyl (C=O) groups is 2. The molecule has 5 aliphatic rings. The van der Waals surface area contributed by atoms with Crippen LogP contribution in [0.4, 0.5) is 14.5 Å². The zero-order valence-corrected chi connectivity index (χ0v) is 25.1. The van der Waals surface area contributed by atoms with Gasteiger partial charge in [-0.25, -0.2) is 8.78 Å². The molecule has 5 N–H and O–H groups in total. The van der Waals surface area contributed by atoms with E-state index < -0.39 is 76.4 Å². The van der Waals surface area contributed by atoms with Gasteiger partial charge in [0.2, 0.25) is 0 Å². The molecule has 2 aromatic rings. The molecular formula is C35H37F2NO7. The lowest BCUT2D eigenvalue weighted by molar-refractivity contribution is -0.231. The lowest BCUT2D eigenvalue weighted by atomic mass is 9.44. The van der Waals surface area contributed by atoms with Crippen molar-refractivity contribution in [1.82, 2.24) is 0 Å². The Morgan fingerprint density at radius 2 is 1.84 bits per heavy atom. The second-order valence-corrected chi connectivity index (χ2v) is 13.8. The standard InChI is InChI=1S/C35H37F2NO7/c1-32-10-9-21(40)14-25(32)26(36)15-24-23-12-19-13-29(18-3-8-28(27(41)11-18)44-22-6-4-20(38)5-7-22)45-35(19,31(43)17-39)33(23,2)16-30(42)34(24,32)37/h3-11,14,19,23-24,26,29-30,39,41-42H,12-13,15-17,38H2,1-2H3/t19-,23-,24-,26-,29-,30-,32-,33-,34-,35-/m0/s1. The Morgan fingerprint density at radius 1 is 1.11 bits per heavy atom. The van der Waals surface area contributed by atoms with Crippen LogP contribution in [-0.2, 0) is 14.3 Å². The summed E-state index contributed by atoms with van der Waals surface area (Å²) in [6, 6.07) is 11.6. The zero-order chi connectivity index (χ0) is 32.1. The number of halogens is 2. The number of anilines is 1. The van der Waals surface area contributed by atoms with E-state index >= 15 is 8.78 Å². The van der Waals surface area contributed by atoms with Gasteiger partial charge in [-0.2, -0.15) is 0 Å². The van der Waals surface area contributed by atoms with Crippen molar-refractivity contribution < 1.29 is 43.2 Å². The van der Waals surface area contributed by atoms with Gasteiger partial charge in [-0.3, -0.25) is 9.59 Å². The number of aliphatic hydroxyl groups excluding tert-OH is 2. The van der Waals surface area contributed by atoms with Gasteiger partial charge in [0.25, 0.3) is 0 Å². The van der Waals surface area contributed by atoms with E-state index in [-0.39, 0.29) is 29.9 Å². The van der Waals surface area contributed by atoms with E-state index in [0.717, 1.165) is 6.08 Å². The number of nitrogen functional groups attached to an aromatic ring is 1. The van der Waals surface area contributed by atoms with Gasteiger partial charge in [-0.1, -0.05) is 19.1 Å². The molecule has 1 saturated heterocycles. The number of aliphatic hydroxyl groups is 2. The summed E-state index contributed by atoms with van der Waals surface area (Å²) in [7, 11) is 0. The number of benzene rings is 2. The molecule has 4 fully saturated rings. The lowest BCUT2D eigenvalue weighted by Crippen LogP contribution is -2.70. The van der Waals surface area contributed by atoms with Crippen LogP contribution in [0.3, 0.4) is 0 Å². The smallest absolute Gasteiger partial charge is 0.190 e. The molecule has 10 atom stereocenters. The van der Waals surface area contributed by atoms with Gasteiger partial charge in [0, 0.05) is 22.4 Å². The first-order valence-electron chi connectivity index (χ1n) is 15.4. The Labute approximate surface area is 259 Å². The molecule has 0 unspecified atom stereocenters. The highest BCUT2D eigenvalue weighted by Crippen LogP contribution is 2.74. The van der Waals surface area contributed by atoms with E-state index in [1.165, 1.54) is 25.1 Å². The fourth-order valence-corrected chi connectivity index (χ4v) is 9.79. The van der Waals surface area contributed by atoms with Crippen molar-refractivity contribution in [3.63, 3.8) is 0 Å². The maximum atomic E-state index is 17.6. The highest BCUT2D eigenvalue weighted by molar-refractivity contribution is 6.01. The molecule has 45 heavy (non-hydrogen) atoms. The Balaban J connectivity index is 1.22. The first-order valence-corrected chi connectivity index (χ1v) is 15.4. The summed E-state index contributed by atoms with van der Waals surface area (Å²) in [6.45, 7) is 2.52. The van der Waals surface area contributed by atoms with Crippen LogP contribution in [-0.4, -0.2) is 57.0 Å². The van der Waals surface area contributed by atoms with Crippen LogP contribution in [0.15, 0.2) is 66.3 Å². The van der Waals surface area contributed by atoms with Crippen molar-refractivity contribution in [1.29, 1.82) is 0 Å². The number of fused-ring (bicyclic) bond motifs is 7. The number of hydrogen-bond acceptors (Lipinski definition) is 8. The molecule has 0 amide bonds. The maximum Gasteiger partial charge on any atom is 0.190 e. The molecule has 8 nitrogen and oxygen atoms in total. The van der Waals surface area contributed by atoms with Crippen molar-refractivity contribution >= 4 is 17.3 Å². The third-order valence-corrected chi connectivity index (χ3v) is 11.8. The number of carbonyl (C=O) groups excluding carboxylic acids is 2. The van der Waals surface area contributed by atoms with Crippen molar-refractivity contribution in [3.8, 4) is 17.2 Å². The fraction of sp³-hybridized carbons (Fsp3) is 0.486. The van der Waals surface area contributed by atoms with Crippen LogP contribution in [0.2, 0.25) is 0 Å². The number of nitrogens with two attached hydrogens (primary N) is 1. The van der Waals surface area contributed by atoms with E-state index in [4.69, 9.17) is 15.2 Å². The third kappa shape index (κ3) is 3.91. The second-order valence-electron chi connectivity index (χ2n) is 13.8. The first-order chi connectivity index (χ1) is 21.3. The van der Waals surface area contributed by atoms with Crippen molar-refractivity contribution in [2.75, 3.05) is 12.3 Å². The summed E-state index contributed by atoms with van der Waals surface area (Å²) in [5, 5.41) is 32.7. The third-order valence-electron chi connectivity index (χ3n) is 11.8. The molecular weight excluding hydrogens is 584 g/mol. The van der Waals surface area contributed by atoms with Crippen LogP contribution in [0, 0.1) is 28.6 Å². The van der Waals surface area contributed by atoms with Gasteiger partial charge in [0.1, 0.15) is 24.1 Å². The number of Topliss-reactive ketones (excluding diaryl/α,β-unsaturated/α-hetero) is 1. The summed E-state index contributed by atoms with van der Waals surface area (Å²) in [6.07, 6.45) is 0.217. The van der Waals surface area contributed by atoms with E-state index in [9.17, 15) is 24.9 Å². The van der Waals surface area contributed by atoms with Crippen LogP contribution in [0.25, 0.3) is 0 Å². The van der Waals surface area contributed by atoms with Crippen molar-refractivity contribution in [3.05, 3.63) is 71.8 Å². The number of rotatable bonds is 5. The van der Waals surface area contributed by atoms with Crippen LogP contribution in [0.1, 0.15) is 51.2 Å². The van der Waals surface area contributed by atoms with Gasteiger partial charge in [0.05, 0.1) is 12.2 Å². The van der Waals surface area contributed by atoms with Crippen molar-refractivity contribution in [2.45, 2.75) is 69.2 Å². The molecule has 0 bridgehead atoms. The number of phenols is 1. The van der Waals surface area contributed by atoms with Gasteiger partial charge in [-0.15, -0.1) is 0 Å². The normalized spacial score (nSPS) is 41.5. The number of alkyl halides is 2. The van der Waals surface area contributed by atoms with E-state index in [1.807, 2.05) is 0 Å². The number of hydrogen-bond donors (Lipinski definition) is 4. The lowest BCUT2D eigenvalue weighted by Gasteiger charge is -2.63. The summed E-state index contributed by atoms with van der Waals surface area (Å²) in [4.78, 5) is 25.9. The summed E-state index contributed by atoms with van der Waals surface area (Å²) >= 11 is 0. The summed E-state index contributed by atoms with van der Waals surface area (Å²) in [5.74, 6) is -2.39. The number of aromatic hydroxyl groups is 1. The molecule has 10 heteroatoms. The van der Waals surface area contributed by atoms with E-state index in [1.54, 1.807) is 43.3 Å². The predicted octanol–water partition coefficient (Wildman–Crippen LogP) is 5.07. The number of ketones is 2. The largest absolute Gasteiger partial charge is 0.504 e. The Kier molecular flexibility index (Phi) is 6.65. The molecule has 1 aliphatic heterocycles. The highest BCUT2D eigenvalue weighted by Gasteiger charge is 2.79. The molecule has 4 aliphatic carbocycles. The minimum atomic E-state index is -2.28. The molecule has 3 saturated carbocycles. The molecule has 1 heterocycles. The molecule has 0 spiro atoms. The minimum Gasteiger partial charge on any atom is -0.504 e. The Bertz CT molecular complexity index is 1640. The zero-order valence-electron chi connectivity index (χ0n) is 25.1. The average molecular weight is 622 g/mol. The van der Waals surface area contributed by atoms with E-state index in [2.05, 4.69) is 0 Å². The van der Waals surface area contributed by atoms with Gasteiger partial charge < -0.3 is 30.5 Å². The average Bonchev–Trinajstić information content (AvgIpc) is 3.51. The first kappa shape index (κ1) is 30.1. The van der Waals surface area contributed by atoms with Crippen LogP contribution >= 0.6 is 0 Å². The van der Waals surface area contributed by atoms with E-state index in [0.29, 0.717) is 29.8 Å². The summed E-state index contributed by atoms with van der Waals surface area (Å²) < 4.78 is 45.9. The molecule has 238 valence electrons. The molecule has 0 radical (unpaired) electrons. The number of allylic oxidation sites excluding steroid dienone is 4. The Morgan fingerprint density at radius 3 is 2.53 bits per heavy atom. The van der Waals surface area contributed by atoms with Crippen LogP contribution < -0.4 is 10.5 Å². The SMILES string of the molecule is C[C@]12C=CC(=O)C=C1[C@@H](F)C[C@H]1[C@@H]3C[C@H]4C[C@@H](c5ccc(Oc6ccc(N)cc6)c(O)c5)O[C@@]4(C(=O)CO)[C@@]3(C)C[C@H](O)[C@@]12F. The van der Waals surface area contributed by atoms with Crippen LogP contribution in [0.5, 0.6) is 17.2 Å². The maximum absolute atomic E-state index is 17.6.